The van der Waals surface area contributed by atoms with Crippen LogP contribution in [0.2, 0.25) is 0 Å². The molecular formula is C31H52O2. The Hall–Kier alpha value is -0.340. The second kappa shape index (κ2) is 9.61. The summed E-state index contributed by atoms with van der Waals surface area (Å²) in [5.74, 6) is 5.53. The summed E-state index contributed by atoms with van der Waals surface area (Å²) in [5, 5.41) is 0. The lowest BCUT2D eigenvalue weighted by Gasteiger charge is -2.58. The molecule has 2 unspecified atom stereocenters. The van der Waals surface area contributed by atoms with Gasteiger partial charge in [0.2, 0.25) is 0 Å². The zero-order valence-electron chi connectivity index (χ0n) is 22.4. The average Bonchev–Trinajstić information content (AvgIpc) is 3.40. The van der Waals surface area contributed by atoms with Crippen molar-refractivity contribution < 1.29 is 9.47 Å². The summed E-state index contributed by atoms with van der Waals surface area (Å²) in [7, 11) is 0. The summed E-state index contributed by atoms with van der Waals surface area (Å²) in [6.45, 7) is 13.6. The summed E-state index contributed by atoms with van der Waals surface area (Å²) in [5.41, 5.74) is 2.78. The van der Waals surface area contributed by atoms with Crippen LogP contribution in [0.15, 0.2) is 11.6 Å². The maximum atomic E-state index is 6.39. The molecule has 3 saturated carbocycles. The van der Waals surface area contributed by atoms with Crippen molar-refractivity contribution in [2.45, 2.75) is 130 Å². The van der Waals surface area contributed by atoms with Gasteiger partial charge in [-0.05, 0) is 104 Å². The molecule has 2 heteroatoms. The van der Waals surface area contributed by atoms with E-state index in [2.05, 4.69) is 40.7 Å². The molecule has 0 radical (unpaired) electrons. The molecule has 0 spiro atoms. The van der Waals surface area contributed by atoms with Gasteiger partial charge in [0.1, 0.15) is 0 Å². The molecule has 188 valence electrons. The van der Waals surface area contributed by atoms with Gasteiger partial charge >= 0.3 is 0 Å². The molecule has 9 atom stereocenters. The Labute approximate surface area is 204 Å². The van der Waals surface area contributed by atoms with E-state index in [1.54, 1.807) is 5.57 Å². The Balaban J connectivity index is 1.26. The number of hydrogen-bond acceptors (Lipinski definition) is 2. The van der Waals surface area contributed by atoms with Gasteiger partial charge in [0.25, 0.3) is 0 Å². The molecule has 0 aromatic heterocycles. The Morgan fingerprint density at radius 1 is 1.00 bits per heavy atom. The first kappa shape index (κ1) is 24.4. The fraction of sp³-hybridized carbons (Fsp3) is 0.935. The molecule has 0 aromatic carbocycles. The van der Waals surface area contributed by atoms with E-state index >= 15 is 0 Å². The molecule has 1 aliphatic heterocycles. The van der Waals surface area contributed by atoms with Gasteiger partial charge in [-0.2, -0.15) is 0 Å². The fourth-order valence-corrected chi connectivity index (χ4v) is 9.64. The van der Waals surface area contributed by atoms with Gasteiger partial charge in [-0.25, -0.2) is 0 Å². The van der Waals surface area contributed by atoms with Crippen molar-refractivity contribution in [2.24, 2.45) is 46.3 Å². The van der Waals surface area contributed by atoms with Crippen molar-refractivity contribution in [2.75, 3.05) is 6.61 Å². The minimum Gasteiger partial charge on any atom is -0.353 e. The highest BCUT2D eigenvalue weighted by Crippen LogP contribution is 2.67. The van der Waals surface area contributed by atoms with Crippen LogP contribution in [-0.4, -0.2) is 19.0 Å². The summed E-state index contributed by atoms with van der Waals surface area (Å²) < 4.78 is 12.2. The van der Waals surface area contributed by atoms with Crippen molar-refractivity contribution in [1.29, 1.82) is 0 Å². The van der Waals surface area contributed by atoms with Crippen molar-refractivity contribution in [3.63, 3.8) is 0 Å². The first-order chi connectivity index (χ1) is 15.8. The van der Waals surface area contributed by atoms with Gasteiger partial charge in [0.15, 0.2) is 6.29 Å². The molecule has 0 N–H and O–H groups in total. The fourth-order valence-electron chi connectivity index (χ4n) is 9.64. The predicted octanol–water partition coefficient (Wildman–Crippen LogP) is 8.55. The van der Waals surface area contributed by atoms with Crippen molar-refractivity contribution in [3.8, 4) is 0 Å². The molecule has 1 saturated heterocycles. The minimum atomic E-state index is 0.0737. The van der Waals surface area contributed by atoms with E-state index in [0.29, 0.717) is 16.9 Å². The Kier molecular flexibility index (Phi) is 7.09. The summed E-state index contributed by atoms with van der Waals surface area (Å²) in [6.07, 6.45) is 20.7. The van der Waals surface area contributed by atoms with Crippen LogP contribution in [0.5, 0.6) is 0 Å². The third kappa shape index (κ3) is 4.50. The largest absolute Gasteiger partial charge is 0.353 e. The SMILES string of the molecule is CC(C)CCC[C@@H](C)[C@H]1CC[C@H]2[C@@H]3CC=C4CC(OC5CCCO5)CC[C@]4(C)[C@H]3CC[C@]12C. The quantitative estimate of drug-likeness (QED) is 0.357. The monoisotopic (exact) mass is 456 g/mol. The van der Waals surface area contributed by atoms with E-state index in [-0.39, 0.29) is 6.29 Å². The molecule has 0 aromatic rings. The standard InChI is InChI=1S/C31H52O2/c1-21(2)8-6-9-22(3)26-13-14-27-25-12-11-23-20-24(33-29-10-7-19-32-29)15-17-30(23,4)28(25)16-18-31(26,27)5/h11,21-22,24-29H,6-10,12-20H2,1-5H3/t22-,24?,25+,26-,27+,28+,29?,30+,31-/m1/s1. The first-order valence-corrected chi connectivity index (χ1v) is 14.8. The van der Waals surface area contributed by atoms with Gasteiger partial charge in [0.05, 0.1) is 6.10 Å². The molecule has 5 aliphatic rings. The molecule has 1 heterocycles. The molecule has 4 aliphatic carbocycles. The van der Waals surface area contributed by atoms with E-state index in [1.165, 1.54) is 70.6 Å². The van der Waals surface area contributed by atoms with Gasteiger partial charge in [0, 0.05) is 13.0 Å². The van der Waals surface area contributed by atoms with E-state index < -0.39 is 0 Å². The maximum absolute atomic E-state index is 6.39. The van der Waals surface area contributed by atoms with Crippen LogP contribution in [0, 0.1) is 46.3 Å². The van der Waals surface area contributed by atoms with E-state index in [4.69, 9.17) is 9.47 Å². The lowest BCUT2D eigenvalue weighted by Crippen LogP contribution is -2.51. The van der Waals surface area contributed by atoms with Crippen LogP contribution >= 0.6 is 0 Å². The molecule has 2 nitrogen and oxygen atoms in total. The second-order valence-corrected chi connectivity index (χ2v) is 13.7. The van der Waals surface area contributed by atoms with Crippen LogP contribution in [0.3, 0.4) is 0 Å². The van der Waals surface area contributed by atoms with Gasteiger partial charge < -0.3 is 9.47 Å². The van der Waals surface area contributed by atoms with Crippen LogP contribution in [-0.2, 0) is 9.47 Å². The predicted molar refractivity (Wildman–Crippen MR) is 137 cm³/mol. The van der Waals surface area contributed by atoms with Gasteiger partial charge in [-0.1, -0.05) is 65.5 Å². The molecular weight excluding hydrogens is 404 g/mol. The highest BCUT2D eigenvalue weighted by molar-refractivity contribution is 5.25. The maximum Gasteiger partial charge on any atom is 0.158 e. The smallest absolute Gasteiger partial charge is 0.158 e. The van der Waals surface area contributed by atoms with E-state index in [9.17, 15) is 0 Å². The van der Waals surface area contributed by atoms with Gasteiger partial charge in [-0.15, -0.1) is 0 Å². The van der Waals surface area contributed by atoms with Crippen LogP contribution in [0.25, 0.3) is 0 Å². The van der Waals surface area contributed by atoms with Crippen LogP contribution < -0.4 is 0 Å². The highest BCUT2D eigenvalue weighted by atomic mass is 16.7. The topological polar surface area (TPSA) is 18.5 Å². The van der Waals surface area contributed by atoms with Crippen LogP contribution in [0.4, 0.5) is 0 Å². The number of ether oxygens (including phenoxy) is 2. The van der Waals surface area contributed by atoms with E-state index in [1.807, 2.05) is 0 Å². The van der Waals surface area contributed by atoms with Gasteiger partial charge in [-0.3, -0.25) is 0 Å². The summed E-state index contributed by atoms with van der Waals surface area (Å²) in [4.78, 5) is 0. The van der Waals surface area contributed by atoms with E-state index in [0.717, 1.165) is 55.0 Å². The first-order valence-electron chi connectivity index (χ1n) is 14.8. The molecule has 5 rings (SSSR count). The Morgan fingerprint density at radius 2 is 1.85 bits per heavy atom. The zero-order valence-corrected chi connectivity index (χ0v) is 22.4. The number of rotatable bonds is 7. The third-order valence-corrected chi connectivity index (χ3v) is 11.5. The molecule has 33 heavy (non-hydrogen) atoms. The van der Waals surface area contributed by atoms with Crippen molar-refractivity contribution in [1.82, 2.24) is 0 Å². The summed E-state index contributed by atoms with van der Waals surface area (Å²) in [6, 6.07) is 0. The minimum absolute atomic E-state index is 0.0737. The Bertz CT molecular complexity index is 706. The number of hydrogen-bond donors (Lipinski definition) is 0. The lowest BCUT2D eigenvalue weighted by molar-refractivity contribution is -0.155. The molecule has 0 amide bonds. The number of allylic oxidation sites excluding steroid dienone is 1. The second-order valence-electron chi connectivity index (χ2n) is 13.7. The lowest BCUT2D eigenvalue weighted by atomic mass is 9.47. The van der Waals surface area contributed by atoms with Crippen LogP contribution in [0.1, 0.15) is 118 Å². The zero-order chi connectivity index (χ0) is 23.2. The molecule has 4 fully saturated rings. The Morgan fingerprint density at radius 3 is 2.61 bits per heavy atom. The van der Waals surface area contributed by atoms with Crippen molar-refractivity contribution >= 4 is 0 Å². The number of fused-ring (bicyclic) bond motifs is 5. The van der Waals surface area contributed by atoms with Crippen molar-refractivity contribution in [3.05, 3.63) is 11.6 Å². The summed E-state index contributed by atoms with van der Waals surface area (Å²) >= 11 is 0. The normalized spacial score (nSPS) is 45.9. The third-order valence-electron chi connectivity index (χ3n) is 11.5. The molecule has 0 bridgehead atoms. The average molecular weight is 457 g/mol. The highest BCUT2D eigenvalue weighted by Gasteiger charge is 2.59.